The van der Waals surface area contributed by atoms with Crippen molar-refractivity contribution in [1.82, 2.24) is 0 Å². The lowest BCUT2D eigenvalue weighted by Crippen LogP contribution is -2.25. The summed E-state index contributed by atoms with van der Waals surface area (Å²) in [4.78, 5) is 12.1. The highest BCUT2D eigenvalue weighted by molar-refractivity contribution is 6.03. The number of benzene rings is 1. The zero-order valence-electron chi connectivity index (χ0n) is 12.2. The van der Waals surface area contributed by atoms with E-state index in [0.717, 1.165) is 11.3 Å². The molecule has 1 aromatic carbocycles. The third-order valence-electron chi connectivity index (χ3n) is 3.61. The Morgan fingerprint density at radius 2 is 1.67 bits per heavy atom. The van der Waals surface area contributed by atoms with Crippen LogP contribution in [0.3, 0.4) is 0 Å². The van der Waals surface area contributed by atoms with E-state index in [1.165, 1.54) is 5.56 Å². The van der Waals surface area contributed by atoms with Gasteiger partial charge in [-0.05, 0) is 28.0 Å². The number of nitrogens with one attached hydrogen (secondary N) is 1. The highest BCUT2D eigenvalue weighted by Crippen LogP contribution is 2.44. The van der Waals surface area contributed by atoms with Crippen molar-refractivity contribution in [2.45, 2.75) is 52.9 Å². The van der Waals surface area contributed by atoms with Crippen molar-refractivity contribution in [3.05, 3.63) is 29.3 Å². The largest absolute Gasteiger partial charge is 0.325 e. The van der Waals surface area contributed by atoms with Crippen molar-refractivity contribution in [2.75, 3.05) is 5.32 Å². The lowest BCUT2D eigenvalue weighted by atomic mass is 9.75. The second-order valence-electron chi connectivity index (χ2n) is 7.34. The van der Waals surface area contributed by atoms with E-state index in [4.69, 9.17) is 0 Å². The number of rotatable bonds is 0. The Balaban J connectivity index is 2.53. The summed E-state index contributed by atoms with van der Waals surface area (Å²) in [5, 5.41) is 2.99. The number of anilines is 1. The van der Waals surface area contributed by atoms with E-state index in [2.05, 4.69) is 59.0 Å². The molecular weight excluding hydrogens is 222 g/mol. The molecule has 1 aliphatic heterocycles. The zero-order chi connectivity index (χ0) is 13.7. The molecule has 1 aromatic rings. The topological polar surface area (TPSA) is 29.1 Å². The van der Waals surface area contributed by atoms with Crippen LogP contribution in [0.15, 0.2) is 18.2 Å². The molecule has 1 unspecified atom stereocenters. The van der Waals surface area contributed by atoms with Gasteiger partial charge in [0.15, 0.2) is 0 Å². The first-order valence-electron chi connectivity index (χ1n) is 6.56. The molecule has 18 heavy (non-hydrogen) atoms. The van der Waals surface area contributed by atoms with Crippen LogP contribution >= 0.6 is 0 Å². The Hall–Kier alpha value is -1.31. The molecule has 0 saturated carbocycles. The Kier molecular flexibility index (Phi) is 2.80. The number of hydrogen-bond acceptors (Lipinski definition) is 1. The van der Waals surface area contributed by atoms with Gasteiger partial charge in [-0.2, -0.15) is 0 Å². The van der Waals surface area contributed by atoms with Gasteiger partial charge < -0.3 is 5.32 Å². The highest BCUT2D eigenvalue weighted by Gasteiger charge is 2.39. The van der Waals surface area contributed by atoms with Crippen molar-refractivity contribution in [2.24, 2.45) is 5.41 Å². The summed E-state index contributed by atoms with van der Waals surface area (Å²) in [6.45, 7) is 13.0. The normalized spacial score (nSPS) is 19.7. The van der Waals surface area contributed by atoms with Crippen LogP contribution in [-0.4, -0.2) is 5.91 Å². The van der Waals surface area contributed by atoms with Crippen LogP contribution in [0.2, 0.25) is 0 Å². The maximum Gasteiger partial charge on any atom is 0.232 e. The second-order valence-corrected chi connectivity index (χ2v) is 7.34. The molecule has 1 amide bonds. The SMILES string of the molecule is CC(C)(C)c1ccc2c(c1)C(C(C)(C)C)C(=O)N2. The van der Waals surface area contributed by atoms with Gasteiger partial charge in [-0.15, -0.1) is 0 Å². The average Bonchev–Trinajstić information content (AvgIpc) is 2.49. The summed E-state index contributed by atoms with van der Waals surface area (Å²) >= 11 is 0. The molecule has 0 spiro atoms. The first kappa shape index (κ1) is 13.1. The summed E-state index contributed by atoms with van der Waals surface area (Å²) in [7, 11) is 0. The van der Waals surface area contributed by atoms with Crippen LogP contribution in [0, 0.1) is 5.41 Å². The molecule has 2 heteroatoms. The van der Waals surface area contributed by atoms with Crippen molar-refractivity contribution in [3.63, 3.8) is 0 Å². The summed E-state index contributed by atoms with van der Waals surface area (Å²) in [5.41, 5.74) is 3.48. The Morgan fingerprint density at radius 3 is 2.17 bits per heavy atom. The number of amides is 1. The quantitative estimate of drug-likeness (QED) is 0.733. The van der Waals surface area contributed by atoms with Crippen molar-refractivity contribution >= 4 is 11.6 Å². The number of carbonyl (C=O) groups excluding carboxylic acids is 1. The Morgan fingerprint density at radius 1 is 1.06 bits per heavy atom. The minimum atomic E-state index is -0.0498. The molecule has 0 bridgehead atoms. The number of fused-ring (bicyclic) bond motifs is 1. The first-order valence-corrected chi connectivity index (χ1v) is 6.56. The molecule has 98 valence electrons. The first-order chi connectivity index (χ1) is 8.10. The minimum absolute atomic E-state index is 0.0465. The number of hydrogen-bond donors (Lipinski definition) is 1. The molecule has 0 fully saturated rings. The van der Waals surface area contributed by atoms with E-state index in [1.807, 2.05) is 6.07 Å². The standard InChI is InChI=1S/C16H23NO/c1-15(2,3)10-7-8-12-11(9-10)13(14(18)17-12)16(4,5)6/h7-9,13H,1-6H3,(H,17,18). The van der Waals surface area contributed by atoms with Crippen LogP contribution in [-0.2, 0) is 10.2 Å². The van der Waals surface area contributed by atoms with Crippen LogP contribution in [0.5, 0.6) is 0 Å². The molecular formula is C16H23NO. The van der Waals surface area contributed by atoms with Gasteiger partial charge >= 0.3 is 0 Å². The predicted molar refractivity (Wildman–Crippen MR) is 76.0 cm³/mol. The molecule has 1 aliphatic rings. The van der Waals surface area contributed by atoms with Gasteiger partial charge in [-0.3, -0.25) is 4.79 Å². The van der Waals surface area contributed by atoms with Gasteiger partial charge in [0.05, 0.1) is 5.92 Å². The Labute approximate surface area is 110 Å². The van der Waals surface area contributed by atoms with Gasteiger partial charge in [-0.25, -0.2) is 0 Å². The molecule has 0 saturated heterocycles. The molecule has 2 rings (SSSR count). The number of carbonyl (C=O) groups is 1. The molecule has 2 nitrogen and oxygen atoms in total. The van der Waals surface area contributed by atoms with Gasteiger partial charge in [0.1, 0.15) is 0 Å². The van der Waals surface area contributed by atoms with Crippen LogP contribution in [0.1, 0.15) is 58.6 Å². The average molecular weight is 245 g/mol. The van der Waals surface area contributed by atoms with Crippen LogP contribution in [0.25, 0.3) is 0 Å². The van der Waals surface area contributed by atoms with E-state index >= 15 is 0 Å². The Bertz CT molecular complexity index is 489. The smallest absolute Gasteiger partial charge is 0.232 e. The maximum atomic E-state index is 12.1. The minimum Gasteiger partial charge on any atom is -0.325 e. The van der Waals surface area contributed by atoms with E-state index in [1.54, 1.807) is 0 Å². The molecule has 0 radical (unpaired) electrons. The maximum absolute atomic E-state index is 12.1. The van der Waals surface area contributed by atoms with E-state index in [0.29, 0.717) is 0 Å². The summed E-state index contributed by atoms with van der Waals surface area (Å²) in [6.07, 6.45) is 0. The zero-order valence-corrected chi connectivity index (χ0v) is 12.2. The van der Waals surface area contributed by atoms with E-state index < -0.39 is 0 Å². The predicted octanol–water partition coefficient (Wildman–Crippen LogP) is 4.07. The van der Waals surface area contributed by atoms with Gasteiger partial charge in [0.25, 0.3) is 0 Å². The van der Waals surface area contributed by atoms with Gasteiger partial charge in [0.2, 0.25) is 5.91 Å². The lowest BCUT2D eigenvalue weighted by Gasteiger charge is -2.26. The molecule has 1 atom stereocenters. The van der Waals surface area contributed by atoms with E-state index in [-0.39, 0.29) is 22.7 Å². The third-order valence-corrected chi connectivity index (χ3v) is 3.61. The van der Waals surface area contributed by atoms with Crippen molar-refractivity contribution in [1.29, 1.82) is 0 Å². The summed E-state index contributed by atoms with van der Waals surface area (Å²) in [6, 6.07) is 6.35. The van der Waals surface area contributed by atoms with Crippen LogP contribution < -0.4 is 5.32 Å². The third kappa shape index (κ3) is 2.16. The summed E-state index contributed by atoms with van der Waals surface area (Å²) in [5.74, 6) is 0.0818. The molecule has 0 aliphatic carbocycles. The highest BCUT2D eigenvalue weighted by atomic mass is 16.2. The fourth-order valence-corrected chi connectivity index (χ4v) is 2.59. The lowest BCUT2D eigenvalue weighted by molar-refractivity contribution is -0.119. The summed E-state index contributed by atoms with van der Waals surface area (Å²) < 4.78 is 0. The second kappa shape index (κ2) is 3.84. The van der Waals surface area contributed by atoms with E-state index in [9.17, 15) is 4.79 Å². The van der Waals surface area contributed by atoms with Crippen molar-refractivity contribution in [3.8, 4) is 0 Å². The fourth-order valence-electron chi connectivity index (χ4n) is 2.59. The van der Waals surface area contributed by atoms with Gasteiger partial charge in [-0.1, -0.05) is 53.7 Å². The fraction of sp³-hybridized carbons (Fsp3) is 0.562. The van der Waals surface area contributed by atoms with Crippen molar-refractivity contribution < 1.29 is 4.79 Å². The molecule has 1 N–H and O–H groups in total. The molecule has 1 heterocycles. The molecule has 0 aromatic heterocycles. The van der Waals surface area contributed by atoms with Crippen LogP contribution in [0.4, 0.5) is 5.69 Å². The monoisotopic (exact) mass is 245 g/mol. The van der Waals surface area contributed by atoms with Gasteiger partial charge in [0, 0.05) is 5.69 Å².